The van der Waals surface area contributed by atoms with Crippen molar-refractivity contribution in [3.8, 4) is 0 Å². The van der Waals surface area contributed by atoms with Crippen LogP contribution in [0.5, 0.6) is 0 Å². The monoisotopic (exact) mass is 224 g/mol. The van der Waals surface area contributed by atoms with Crippen LogP contribution in [0.2, 0.25) is 0 Å². The number of aliphatic hydroxyl groups excluding tert-OH is 1. The number of benzene rings is 1. The number of anilines is 2. The standard InChI is InChI=1S/C12H20N2O2/c1-2-14(7-9-16-10-8-15)12-6-4-3-5-11(12)13/h3-6,15H,2,7-10,13H2,1H3. The first-order valence-electron chi connectivity index (χ1n) is 5.57. The number of likely N-dealkylation sites (N-methyl/N-ethyl adjacent to an activating group) is 1. The van der Waals surface area contributed by atoms with E-state index >= 15 is 0 Å². The van der Waals surface area contributed by atoms with Crippen molar-refractivity contribution in [1.82, 2.24) is 0 Å². The zero-order chi connectivity index (χ0) is 11.8. The highest BCUT2D eigenvalue weighted by Crippen LogP contribution is 2.21. The van der Waals surface area contributed by atoms with Crippen molar-refractivity contribution in [1.29, 1.82) is 0 Å². The SMILES string of the molecule is CCN(CCOCCO)c1ccccc1N. The first-order valence-corrected chi connectivity index (χ1v) is 5.57. The van der Waals surface area contributed by atoms with Gasteiger partial charge in [0.25, 0.3) is 0 Å². The van der Waals surface area contributed by atoms with Crippen molar-refractivity contribution in [2.24, 2.45) is 0 Å². The molecule has 0 amide bonds. The lowest BCUT2D eigenvalue weighted by molar-refractivity contribution is 0.0967. The van der Waals surface area contributed by atoms with Gasteiger partial charge >= 0.3 is 0 Å². The quantitative estimate of drug-likeness (QED) is 0.538. The Bertz CT molecular complexity index is 305. The molecule has 0 radical (unpaired) electrons. The van der Waals surface area contributed by atoms with Gasteiger partial charge in [0.15, 0.2) is 0 Å². The van der Waals surface area contributed by atoms with Gasteiger partial charge in [-0.3, -0.25) is 0 Å². The fourth-order valence-corrected chi connectivity index (χ4v) is 1.57. The molecule has 0 unspecified atom stereocenters. The number of nitrogen functional groups attached to an aromatic ring is 1. The van der Waals surface area contributed by atoms with Crippen LogP contribution in [0.25, 0.3) is 0 Å². The van der Waals surface area contributed by atoms with Crippen molar-refractivity contribution in [3.05, 3.63) is 24.3 Å². The van der Waals surface area contributed by atoms with Gasteiger partial charge < -0.3 is 20.5 Å². The Morgan fingerprint density at radius 3 is 2.69 bits per heavy atom. The Labute approximate surface area is 96.6 Å². The molecule has 0 spiro atoms. The number of para-hydroxylation sites is 2. The molecule has 90 valence electrons. The first kappa shape index (κ1) is 12.8. The molecule has 0 aliphatic rings. The molecule has 0 heterocycles. The largest absolute Gasteiger partial charge is 0.397 e. The molecule has 16 heavy (non-hydrogen) atoms. The van der Waals surface area contributed by atoms with Crippen LogP contribution in [0.3, 0.4) is 0 Å². The molecule has 0 bridgehead atoms. The Hall–Kier alpha value is -1.26. The Balaban J connectivity index is 2.51. The number of aliphatic hydroxyl groups is 1. The van der Waals surface area contributed by atoms with Crippen LogP contribution in [-0.4, -0.2) is 38.0 Å². The van der Waals surface area contributed by atoms with Gasteiger partial charge in [-0.1, -0.05) is 12.1 Å². The van der Waals surface area contributed by atoms with Gasteiger partial charge in [-0.25, -0.2) is 0 Å². The third-order valence-electron chi connectivity index (χ3n) is 2.40. The lowest BCUT2D eigenvalue weighted by Gasteiger charge is -2.24. The Morgan fingerprint density at radius 1 is 1.31 bits per heavy atom. The van der Waals surface area contributed by atoms with Crippen molar-refractivity contribution in [3.63, 3.8) is 0 Å². The molecule has 1 rings (SSSR count). The second-order valence-corrected chi connectivity index (χ2v) is 3.47. The predicted octanol–water partition coefficient (Wildman–Crippen LogP) is 1.10. The third-order valence-corrected chi connectivity index (χ3v) is 2.40. The average molecular weight is 224 g/mol. The maximum Gasteiger partial charge on any atom is 0.0698 e. The molecule has 1 aromatic rings. The second-order valence-electron chi connectivity index (χ2n) is 3.47. The lowest BCUT2D eigenvalue weighted by atomic mass is 10.2. The fourth-order valence-electron chi connectivity index (χ4n) is 1.57. The van der Waals surface area contributed by atoms with Gasteiger partial charge in [-0.05, 0) is 19.1 Å². The van der Waals surface area contributed by atoms with E-state index in [-0.39, 0.29) is 6.61 Å². The summed E-state index contributed by atoms with van der Waals surface area (Å²) >= 11 is 0. The molecule has 0 fully saturated rings. The number of ether oxygens (including phenoxy) is 1. The summed E-state index contributed by atoms with van der Waals surface area (Å²) in [6, 6.07) is 7.80. The van der Waals surface area contributed by atoms with E-state index in [9.17, 15) is 0 Å². The number of hydrogen-bond acceptors (Lipinski definition) is 4. The van der Waals surface area contributed by atoms with E-state index in [0.29, 0.717) is 13.2 Å². The number of rotatable bonds is 7. The highest BCUT2D eigenvalue weighted by atomic mass is 16.5. The van der Waals surface area contributed by atoms with Crippen LogP contribution in [0.1, 0.15) is 6.92 Å². The summed E-state index contributed by atoms with van der Waals surface area (Å²) in [6.45, 7) is 4.81. The highest BCUT2D eigenvalue weighted by Gasteiger charge is 2.06. The van der Waals surface area contributed by atoms with Crippen molar-refractivity contribution in [2.75, 3.05) is 43.5 Å². The zero-order valence-corrected chi connectivity index (χ0v) is 9.72. The lowest BCUT2D eigenvalue weighted by Crippen LogP contribution is -2.28. The van der Waals surface area contributed by atoms with E-state index in [1.807, 2.05) is 24.3 Å². The molecule has 3 N–H and O–H groups in total. The number of nitrogens with zero attached hydrogens (tertiary/aromatic N) is 1. The van der Waals surface area contributed by atoms with Gasteiger partial charge in [-0.2, -0.15) is 0 Å². The summed E-state index contributed by atoms with van der Waals surface area (Å²) in [7, 11) is 0. The van der Waals surface area contributed by atoms with Gasteiger partial charge in [0.1, 0.15) is 0 Å². The molecule has 0 aliphatic carbocycles. The number of hydrogen-bond donors (Lipinski definition) is 2. The van der Waals surface area contributed by atoms with Gasteiger partial charge in [0, 0.05) is 13.1 Å². The molecular weight excluding hydrogens is 204 g/mol. The van der Waals surface area contributed by atoms with Crippen LogP contribution in [0.4, 0.5) is 11.4 Å². The van der Waals surface area contributed by atoms with Crippen molar-refractivity contribution >= 4 is 11.4 Å². The fraction of sp³-hybridized carbons (Fsp3) is 0.500. The predicted molar refractivity (Wildman–Crippen MR) is 66.6 cm³/mol. The van der Waals surface area contributed by atoms with E-state index in [1.54, 1.807) is 0 Å². The van der Waals surface area contributed by atoms with Crippen molar-refractivity contribution < 1.29 is 9.84 Å². The minimum atomic E-state index is 0.0690. The Kier molecular flexibility index (Phi) is 5.67. The summed E-state index contributed by atoms with van der Waals surface area (Å²) in [5, 5.41) is 8.59. The molecule has 1 aromatic carbocycles. The second kappa shape index (κ2) is 7.09. The number of nitrogens with two attached hydrogens (primary N) is 1. The molecule has 0 aromatic heterocycles. The first-order chi connectivity index (χ1) is 7.79. The minimum absolute atomic E-state index is 0.0690. The summed E-state index contributed by atoms with van der Waals surface area (Å²) in [5.41, 5.74) is 7.73. The summed E-state index contributed by atoms with van der Waals surface area (Å²) in [6.07, 6.45) is 0. The topological polar surface area (TPSA) is 58.7 Å². The molecule has 4 nitrogen and oxygen atoms in total. The van der Waals surface area contributed by atoms with Crippen LogP contribution in [-0.2, 0) is 4.74 Å². The van der Waals surface area contributed by atoms with E-state index in [0.717, 1.165) is 24.5 Å². The maximum absolute atomic E-state index is 8.59. The van der Waals surface area contributed by atoms with Crippen molar-refractivity contribution in [2.45, 2.75) is 6.92 Å². The molecular formula is C12H20N2O2. The summed E-state index contributed by atoms with van der Waals surface area (Å²) < 4.78 is 5.24. The van der Waals surface area contributed by atoms with Gasteiger partial charge in [0.2, 0.25) is 0 Å². The van der Waals surface area contributed by atoms with Gasteiger partial charge in [-0.15, -0.1) is 0 Å². The average Bonchev–Trinajstić information content (AvgIpc) is 2.31. The molecule has 4 heteroatoms. The highest BCUT2D eigenvalue weighted by molar-refractivity contribution is 5.67. The van der Waals surface area contributed by atoms with Crippen LogP contribution >= 0.6 is 0 Å². The van der Waals surface area contributed by atoms with Crippen LogP contribution in [0.15, 0.2) is 24.3 Å². The summed E-state index contributed by atoms with van der Waals surface area (Å²) in [5.74, 6) is 0. The smallest absolute Gasteiger partial charge is 0.0698 e. The van der Waals surface area contributed by atoms with E-state index in [2.05, 4.69) is 11.8 Å². The molecule has 0 saturated heterocycles. The Morgan fingerprint density at radius 2 is 2.06 bits per heavy atom. The van der Waals surface area contributed by atoms with Gasteiger partial charge in [0.05, 0.1) is 31.2 Å². The molecule has 0 saturated carbocycles. The van der Waals surface area contributed by atoms with Crippen LogP contribution in [0, 0.1) is 0 Å². The normalized spacial score (nSPS) is 10.4. The third kappa shape index (κ3) is 3.72. The maximum atomic E-state index is 8.59. The van der Waals surface area contributed by atoms with E-state index < -0.39 is 0 Å². The molecule has 0 aliphatic heterocycles. The zero-order valence-electron chi connectivity index (χ0n) is 9.72. The molecule has 0 atom stereocenters. The van der Waals surface area contributed by atoms with Crippen LogP contribution < -0.4 is 10.6 Å². The summed E-state index contributed by atoms with van der Waals surface area (Å²) in [4.78, 5) is 2.16. The van der Waals surface area contributed by atoms with E-state index in [1.165, 1.54) is 0 Å². The minimum Gasteiger partial charge on any atom is -0.397 e. The van der Waals surface area contributed by atoms with E-state index in [4.69, 9.17) is 15.6 Å².